The Hall–Kier alpha value is -0.233. The third kappa shape index (κ3) is 4.13. The summed E-state index contributed by atoms with van der Waals surface area (Å²) in [6.45, 7) is 16.9. The van der Waals surface area contributed by atoms with Gasteiger partial charge in [-0.2, -0.15) is 0 Å². The number of aldehydes is 1. The normalized spacial score (nSPS) is 28.4. The summed E-state index contributed by atoms with van der Waals surface area (Å²) in [5, 5.41) is 0.149. The summed E-state index contributed by atoms with van der Waals surface area (Å²) in [5.41, 5.74) is 0. The fourth-order valence-corrected chi connectivity index (χ4v) is 3.66. The van der Waals surface area contributed by atoms with Crippen LogP contribution >= 0.6 is 0 Å². The Labute approximate surface area is 124 Å². The van der Waals surface area contributed by atoms with Crippen molar-refractivity contribution in [2.75, 3.05) is 0 Å². The Morgan fingerprint density at radius 2 is 1.85 bits per heavy atom. The van der Waals surface area contributed by atoms with Crippen LogP contribution in [0.15, 0.2) is 0 Å². The molecule has 1 rings (SSSR count). The van der Waals surface area contributed by atoms with Crippen molar-refractivity contribution in [3.63, 3.8) is 0 Å². The van der Waals surface area contributed by atoms with Gasteiger partial charge in [-0.1, -0.05) is 20.8 Å². The second-order valence-electron chi connectivity index (χ2n) is 7.62. The molecule has 20 heavy (non-hydrogen) atoms. The Kier molecular flexibility index (Phi) is 5.23. The van der Waals surface area contributed by atoms with Crippen molar-refractivity contribution in [1.29, 1.82) is 0 Å². The van der Waals surface area contributed by atoms with Crippen LogP contribution in [0.3, 0.4) is 0 Å². The molecule has 0 unspecified atom stereocenters. The maximum absolute atomic E-state index is 10.8. The third-order valence-electron chi connectivity index (χ3n) is 4.30. The minimum Gasteiger partial charge on any atom is -0.411 e. The van der Waals surface area contributed by atoms with E-state index in [1.54, 1.807) is 0 Å². The van der Waals surface area contributed by atoms with Crippen molar-refractivity contribution in [2.24, 2.45) is 0 Å². The summed E-state index contributed by atoms with van der Waals surface area (Å²) < 4.78 is 18.1. The zero-order valence-corrected chi connectivity index (χ0v) is 15.1. The smallest absolute Gasteiger partial charge is 0.192 e. The van der Waals surface area contributed by atoms with Gasteiger partial charge in [0.15, 0.2) is 14.1 Å². The van der Waals surface area contributed by atoms with Gasteiger partial charge in [-0.05, 0) is 38.9 Å². The molecule has 0 N–H and O–H groups in total. The predicted molar refractivity (Wildman–Crippen MR) is 82.3 cm³/mol. The topological polar surface area (TPSA) is 44.8 Å². The average Bonchev–Trinajstić information content (AvgIpc) is 2.52. The summed E-state index contributed by atoms with van der Waals surface area (Å²) in [4.78, 5) is 10.8. The molecule has 1 aliphatic rings. The van der Waals surface area contributed by atoms with Crippen LogP contribution in [0, 0.1) is 0 Å². The molecule has 0 saturated carbocycles. The average molecular weight is 302 g/mol. The summed E-state index contributed by atoms with van der Waals surface area (Å²) in [6, 6.07) is 0. The molecule has 118 valence electrons. The van der Waals surface area contributed by atoms with Crippen LogP contribution in [0.5, 0.6) is 0 Å². The van der Waals surface area contributed by atoms with E-state index < -0.39 is 14.1 Å². The Morgan fingerprint density at radius 1 is 1.30 bits per heavy atom. The molecule has 0 aromatic carbocycles. The molecule has 5 heteroatoms. The van der Waals surface area contributed by atoms with Gasteiger partial charge < -0.3 is 18.7 Å². The van der Waals surface area contributed by atoms with E-state index in [1.807, 2.05) is 20.8 Å². The lowest BCUT2D eigenvalue weighted by molar-refractivity contribution is -0.153. The van der Waals surface area contributed by atoms with Gasteiger partial charge >= 0.3 is 0 Å². The van der Waals surface area contributed by atoms with Crippen molar-refractivity contribution in [1.82, 2.24) is 0 Å². The summed E-state index contributed by atoms with van der Waals surface area (Å²) in [7, 11) is -1.86. The molecule has 0 spiro atoms. The highest BCUT2D eigenvalue weighted by atomic mass is 28.4. The molecule has 3 atom stereocenters. The van der Waals surface area contributed by atoms with E-state index in [1.165, 1.54) is 0 Å². The van der Waals surface area contributed by atoms with Gasteiger partial charge in [0.2, 0.25) is 0 Å². The number of ether oxygens (including phenoxy) is 2. The molecule has 0 bridgehead atoms. The van der Waals surface area contributed by atoms with E-state index in [4.69, 9.17) is 13.9 Å². The first-order valence-corrected chi connectivity index (χ1v) is 10.3. The van der Waals surface area contributed by atoms with Crippen molar-refractivity contribution in [2.45, 2.75) is 90.2 Å². The highest BCUT2D eigenvalue weighted by molar-refractivity contribution is 6.74. The Bertz CT molecular complexity index is 346. The summed E-state index contributed by atoms with van der Waals surface area (Å²) in [5.74, 6) is -0.649. The minimum absolute atomic E-state index is 0.0809. The number of carbonyl (C=O) groups is 1. The van der Waals surface area contributed by atoms with Crippen molar-refractivity contribution in [3.8, 4) is 0 Å². The molecule has 1 saturated heterocycles. The maximum atomic E-state index is 10.8. The molecular formula is C15H30O4Si. The highest BCUT2D eigenvalue weighted by Gasteiger charge is 2.47. The van der Waals surface area contributed by atoms with Gasteiger partial charge in [-0.15, -0.1) is 0 Å². The van der Waals surface area contributed by atoms with Crippen LogP contribution in [0.25, 0.3) is 0 Å². The lowest BCUT2D eigenvalue weighted by atomic mass is 10.1. The van der Waals surface area contributed by atoms with E-state index in [-0.39, 0.29) is 23.4 Å². The monoisotopic (exact) mass is 302 g/mol. The predicted octanol–water partition coefficient (Wildman–Crippen LogP) is 3.51. The Balaban J connectivity index is 2.80. The van der Waals surface area contributed by atoms with Gasteiger partial charge in [0.05, 0.1) is 12.2 Å². The lowest BCUT2D eigenvalue weighted by Crippen LogP contribution is -2.48. The van der Waals surface area contributed by atoms with E-state index >= 15 is 0 Å². The lowest BCUT2D eigenvalue weighted by Gasteiger charge is -2.40. The van der Waals surface area contributed by atoms with Crippen molar-refractivity contribution < 1.29 is 18.7 Å². The zero-order valence-electron chi connectivity index (χ0n) is 14.1. The van der Waals surface area contributed by atoms with E-state index in [2.05, 4.69) is 33.9 Å². The molecule has 0 aliphatic carbocycles. The van der Waals surface area contributed by atoms with Crippen LogP contribution in [0.4, 0.5) is 0 Å². The fourth-order valence-electron chi connectivity index (χ4n) is 2.25. The van der Waals surface area contributed by atoms with Crippen LogP contribution < -0.4 is 0 Å². The van der Waals surface area contributed by atoms with Crippen LogP contribution in [0.2, 0.25) is 18.1 Å². The van der Waals surface area contributed by atoms with E-state index in [0.29, 0.717) is 6.42 Å². The molecule has 1 fully saturated rings. The number of hydrogen-bond acceptors (Lipinski definition) is 4. The zero-order chi connectivity index (χ0) is 15.8. The van der Waals surface area contributed by atoms with E-state index in [9.17, 15) is 4.79 Å². The van der Waals surface area contributed by atoms with Gasteiger partial charge in [-0.25, -0.2) is 0 Å². The third-order valence-corrected chi connectivity index (χ3v) is 8.87. The highest BCUT2D eigenvalue weighted by Crippen LogP contribution is 2.39. The largest absolute Gasteiger partial charge is 0.411 e. The number of hydrogen-bond donors (Lipinski definition) is 0. The van der Waals surface area contributed by atoms with Crippen LogP contribution in [-0.2, 0) is 18.7 Å². The first kappa shape index (κ1) is 17.8. The van der Waals surface area contributed by atoms with Gasteiger partial charge in [0.1, 0.15) is 12.4 Å². The van der Waals surface area contributed by atoms with Crippen molar-refractivity contribution in [3.05, 3.63) is 0 Å². The van der Waals surface area contributed by atoms with Gasteiger partial charge in [0.25, 0.3) is 0 Å². The second-order valence-corrected chi connectivity index (χ2v) is 12.4. The number of carbonyl (C=O) groups excluding carboxylic acids is 1. The first-order chi connectivity index (χ1) is 8.89. The molecule has 0 radical (unpaired) electrons. The standard InChI is InChI=1S/C15H30O4Si/c1-11(19-20(7,8)14(2,3)4)13-12(9-10-16)17-15(5,6)18-13/h10-13H,9H2,1-8H3/t11-,12-,13-/m1/s1. The fraction of sp³-hybridized carbons (Fsp3) is 0.933. The summed E-state index contributed by atoms with van der Waals surface area (Å²) in [6.07, 6.45) is 0.745. The number of rotatable bonds is 5. The SMILES string of the molecule is C[C@@H](O[Si](C)(C)C(C)(C)C)[C@H]1OC(C)(C)O[C@@H]1CC=O. The van der Waals surface area contributed by atoms with E-state index in [0.717, 1.165) is 6.29 Å². The minimum atomic E-state index is -1.86. The quantitative estimate of drug-likeness (QED) is 0.576. The van der Waals surface area contributed by atoms with Crippen LogP contribution in [0.1, 0.15) is 48.0 Å². The molecule has 1 heterocycles. The molecule has 4 nitrogen and oxygen atoms in total. The molecule has 0 amide bonds. The molecule has 1 aliphatic heterocycles. The second kappa shape index (κ2) is 5.87. The van der Waals surface area contributed by atoms with Crippen LogP contribution in [-0.4, -0.2) is 38.7 Å². The Morgan fingerprint density at radius 3 is 2.30 bits per heavy atom. The van der Waals surface area contributed by atoms with Gasteiger partial charge in [0, 0.05) is 6.42 Å². The molecule has 0 aromatic rings. The molecular weight excluding hydrogens is 272 g/mol. The van der Waals surface area contributed by atoms with Gasteiger partial charge in [-0.3, -0.25) is 0 Å². The maximum Gasteiger partial charge on any atom is 0.192 e. The first-order valence-electron chi connectivity index (χ1n) is 7.37. The summed E-state index contributed by atoms with van der Waals surface area (Å²) >= 11 is 0. The van der Waals surface area contributed by atoms with Crippen molar-refractivity contribution >= 4 is 14.6 Å². The molecule has 0 aromatic heterocycles.